The molecule has 0 bridgehead atoms. The minimum atomic E-state index is -0.0599. The molecule has 15 heavy (non-hydrogen) atoms. The maximum atomic E-state index is 5.85. The minimum absolute atomic E-state index is 0.0126. The molecule has 0 N–H and O–H groups in total. The second-order valence-electron chi connectivity index (χ2n) is 4.20. The van der Waals surface area contributed by atoms with E-state index in [9.17, 15) is 0 Å². The van der Waals surface area contributed by atoms with Gasteiger partial charge in [0.1, 0.15) is 12.2 Å². The summed E-state index contributed by atoms with van der Waals surface area (Å²) in [5, 5.41) is 0. The second-order valence-corrected chi connectivity index (χ2v) is 4.20. The van der Waals surface area contributed by atoms with Crippen LogP contribution in [-0.4, -0.2) is 44.4 Å². The molecular weight excluding hydrogens is 196 g/mol. The Morgan fingerprint density at radius 3 is 3.00 bits per heavy atom. The number of rotatable bonds is 2. The highest BCUT2D eigenvalue weighted by Gasteiger charge is 2.44. The van der Waals surface area contributed by atoms with E-state index in [0.717, 1.165) is 19.4 Å². The van der Waals surface area contributed by atoms with Crippen LogP contribution in [0.25, 0.3) is 0 Å². The Bertz CT molecular complexity index is 215. The van der Waals surface area contributed by atoms with Crippen LogP contribution in [0.15, 0.2) is 0 Å². The van der Waals surface area contributed by atoms with Crippen LogP contribution in [0.3, 0.4) is 0 Å². The molecule has 3 aliphatic rings. The maximum Gasteiger partial charge on any atom is 0.158 e. The van der Waals surface area contributed by atoms with Gasteiger partial charge in [-0.15, -0.1) is 0 Å². The SMILES string of the molecule is [C]1CO[C@@H]2[C@H]1OC[C@H]2O[C@H]1CCCCO1. The molecule has 0 spiro atoms. The lowest BCUT2D eigenvalue weighted by atomic mass is 10.1. The third-order valence-electron chi connectivity index (χ3n) is 3.13. The number of ether oxygens (including phenoxy) is 4. The van der Waals surface area contributed by atoms with E-state index < -0.39 is 0 Å². The molecule has 3 rings (SSSR count). The van der Waals surface area contributed by atoms with Gasteiger partial charge in [0, 0.05) is 13.0 Å². The van der Waals surface area contributed by atoms with Gasteiger partial charge in [-0.3, -0.25) is 0 Å². The molecule has 2 radical (unpaired) electrons. The normalized spacial score (nSPS) is 45.6. The fourth-order valence-electron chi connectivity index (χ4n) is 2.31. The molecule has 3 fully saturated rings. The Labute approximate surface area is 89.8 Å². The lowest BCUT2D eigenvalue weighted by Gasteiger charge is -2.27. The predicted molar refractivity (Wildman–Crippen MR) is 51.2 cm³/mol. The molecule has 4 atom stereocenters. The predicted octanol–water partition coefficient (Wildman–Crippen LogP) is 0.777. The van der Waals surface area contributed by atoms with E-state index in [1.165, 1.54) is 6.42 Å². The van der Waals surface area contributed by atoms with Gasteiger partial charge in [0.2, 0.25) is 0 Å². The van der Waals surface area contributed by atoms with Crippen molar-refractivity contribution >= 4 is 0 Å². The number of fused-ring (bicyclic) bond motifs is 1. The molecule has 84 valence electrons. The summed E-state index contributed by atoms with van der Waals surface area (Å²) in [6.07, 6.45) is 6.45. The standard InChI is InChI=1S/C11H16O4/c1-2-5-12-10(3-1)15-9-7-14-8-4-6-13-11(8)9/h8-11H,1-3,5-7H2/t8-,9+,10-,11+/m0/s1. The summed E-state index contributed by atoms with van der Waals surface area (Å²) < 4.78 is 22.4. The van der Waals surface area contributed by atoms with E-state index in [-0.39, 0.29) is 24.6 Å². The van der Waals surface area contributed by atoms with E-state index in [1.807, 2.05) is 0 Å². The topological polar surface area (TPSA) is 36.9 Å². The van der Waals surface area contributed by atoms with Crippen molar-refractivity contribution in [3.05, 3.63) is 6.42 Å². The molecule has 0 aliphatic carbocycles. The summed E-state index contributed by atoms with van der Waals surface area (Å²) in [7, 11) is 0. The molecule has 4 nitrogen and oxygen atoms in total. The average Bonchev–Trinajstić information content (AvgIpc) is 2.85. The molecule has 0 aromatic rings. The highest BCUT2D eigenvalue weighted by molar-refractivity contribution is 4.99. The minimum Gasteiger partial charge on any atom is -0.372 e. The summed E-state index contributed by atoms with van der Waals surface area (Å²) in [5.74, 6) is 0. The molecule has 0 unspecified atom stereocenters. The van der Waals surface area contributed by atoms with Crippen molar-refractivity contribution in [2.75, 3.05) is 19.8 Å². The van der Waals surface area contributed by atoms with Crippen molar-refractivity contribution < 1.29 is 18.9 Å². The van der Waals surface area contributed by atoms with Crippen molar-refractivity contribution in [1.82, 2.24) is 0 Å². The number of hydrogen-bond donors (Lipinski definition) is 0. The van der Waals surface area contributed by atoms with Gasteiger partial charge in [-0.05, 0) is 19.3 Å². The summed E-state index contributed by atoms with van der Waals surface area (Å²) in [6.45, 7) is 1.97. The first kappa shape index (κ1) is 10.0. The first-order valence-corrected chi connectivity index (χ1v) is 5.67. The first-order chi connectivity index (χ1) is 7.43. The highest BCUT2D eigenvalue weighted by Crippen LogP contribution is 2.29. The summed E-state index contributed by atoms with van der Waals surface area (Å²) >= 11 is 0. The summed E-state index contributed by atoms with van der Waals surface area (Å²) in [4.78, 5) is 0. The van der Waals surface area contributed by atoms with Gasteiger partial charge in [-0.25, -0.2) is 0 Å². The molecule has 0 saturated carbocycles. The highest BCUT2D eigenvalue weighted by atomic mass is 16.7. The van der Waals surface area contributed by atoms with Crippen LogP contribution < -0.4 is 0 Å². The van der Waals surface area contributed by atoms with Crippen LogP contribution in [0, 0.1) is 6.42 Å². The molecule has 3 saturated heterocycles. The largest absolute Gasteiger partial charge is 0.372 e. The number of hydrogen-bond acceptors (Lipinski definition) is 4. The third-order valence-corrected chi connectivity index (χ3v) is 3.13. The monoisotopic (exact) mass is 212 g/mol. The zero-order valence-corrected chi connectivity index (χ0v) is 8.69. The molecule has 0 aromatic heterocycles. The Kier molecular flexibility index (Phi) is 2.92. The van der Waals surface area contributed by atoms with Gasteiger partial charge < -0.3 is 18.9 Å². The maximum absolute atomic E-state index is 5.85. The van der Waals surface area contributed by atoms with Crippen LogP contribution in [0.4, 0.5) is 0 Å². The van der Waals surface area contributed by atoms with E-state index >= 15 is 0 Å². The van der Waals surface area contributed by atoms with E-state index in [0.29, 0.717) is 13.2 Å². The van der Waals surface area contributed by atoms with Crippen LogP contribution in [0.5, 0.6) is 0 Å². The van der Waals surface area contributed by atoms with Gasteiger partial charge >= 0.3 is 0 Å². The second kappa shape index (κ2) is 4.37. The van der Waals surface area contributed by atoms with Crippen molar-refractivity contribution in [1.29, 1.82) is 0 Å². The molecule has 4 heteroatoms. The Morgan fingerprint density at radius 1 is 1.13 bits per heavy atom. The third kappa shape index (κ3) is 2.04. The van der Waals surface area contributed by atoms with E-state index in [2.05, 4.69) is 6.42 Å². The zero-order chi connectivity index (χ0) is 10.1. The van der Waals surface area contributed by atoms with Crippen molar-refractivity contribution in [2.45, 2.75) is 43.9 Å². The quantitative estimate of drug-likeness (QED) is 0.677. The zero-order valence-electron chi connectivity index (χ0n) is 8.69. The Morgan fingerprint density at radius 2 is 2.13 bits per heavy atom. The summed E-state index contributed by atoms with van der Waals surface area (Å²) in [6, 6.07) is 0. The first-order valence-electron chi connectivity index (χ1n) is 5.67. The molecule has 3 heterocycles. The Hall–Kier alpha value is -0.160. The Balaban J connectivity index is 1.54. The molecule has 0 amide bonds. The molecule has 0 aromatic carbocycles. The van der Waals surface area contributed by atoms with Crippen molar-refractivity contribution in [2.24, 2.45) is 0 Å². The van der Waals surface area contributed by atoms with Crippen LogP contribution in [0.2, 0.25) is 0 Å². The lowest BCUT2D eigenvalue weighted by Crippen LogP contribution is -2.36. The van der Waals surface area contributed by atoms with Gasteiger partial charge in [-0.2, -0.15) is 0 Å². The van der Waals surface area contributed by atoms with Gasteiger partial charge in [0.25, 0.3) is 0 Å². The molecular formula is C11H16O4. The van der Waals surface area contributed by atoms with Gasteiger partial charge in [0.15, 0.2) is 6.29 Å². The van der Waals surface area contributed by atoms with Crippen LogP contribution in [-0.2, 0) is 18.9 Å². The van der Waals surface area contributed by atoms with E-state index in [4.69, 9.17) is 18.9 Å². The lowest BCUT2D eigenvalue weighted by molar-refractivity contribution is -0.201. The van der Waals surface area contributed by atoms with E-state index in [1.54, 1.807) is 0 Å². The summed E-state index contributed by atoms with van der Waals surface area (Å²) in [5.41, 5.74) is 0. The fourth-order valence-corrected chi connectivity index (χ4v) is 2.31. The van der Waals surface area contributed by atoms with Crippen LogP contribution in [0.1, 0.15) is 19.3 Å². The van der Waals surface area contributed by atoms with Gasteiger partial charge in [-0.1, -0.05) is 0 Å². The van der Waals surface area contributed by atoms with Crippen LogP contribution >= 0.6 is 0 Å². The smallest absolute Gasteiger partial charge is 0.158 e. The average molecular weight is 212 g/mol. The molecule has 3 aliphatic heterocycles. The van der Waals surface area contributed by atoms with Crippen molar-refractivity contribution in [3.8, 4) is 0 Å². The van der Waals surface area contributed by atoms with Crippen molar-refractivity contribution in [3.63, 3.8) is 0 Å². The van der Waals surface area contributed by atoms with Gasteiger partial charge in [0.05, 0.1) is 19.3 Å². The fraction of sp³-hybridized carbons (Fsp3) is 0.909.